The first-order chi connectivity index (χ1) is 6.73. The Hall–Kier alpha value is 0.690. The van der Waals surface area contributed by atoms with Crippen molar-refractivity contribution in [1.29, 1.82) is 0 Å². The average Bonchev–Trinajstić information content (AvgIpc) is 2.51. The van der Waals surface area contributed by atoms with Crippen molar-refractivity contribution in [3.63, 3.8) is 0 Å². The second kappa shape index (κ2) is 5.85. The van der Waals surface area contributed by atoms with Gasteiger partial charge in [0, 0.05) is 11.8 Å². The van der Waals surface area contributed by atoms with Crippen molar-refractivity contribution in [2.24, 2.45) is 11.8 Å². The molecular formula is C13H26IN. The van der Waals surface area contributed by atoms with E-state index in [1.807, 2.05) is 0 Å². The Morgan fingerprint density at radius 3 is 2.07 bits per heavy atom. The molecule has 2 heteroatoms. The SMILES string of the molecule is CCCC[N+]1(C)CC2CCCCC2C1.[I-]. The molecule has 2 atom stereocenters. The van der Waals surface area contributed by atoms with Gasteiger partial charge in [-0.25, -0.2) is 0 Å². The monoisotopic (exact) mass is 323 g/mol. The number of likely N-dealkylation sites (tertiary alicyclic amines) is 1. The molecule has 90 valence electrons. The Balaban J connectivity index is 0.00000112. The highest BCUT2D eigenvalue weighted by atomic mass is 127. The van der Waals surface area contributed by atoms with Crippen molar-refractivity contribution >= 4 is 0 Å². The van der Waals surface area contributed by atoms with E-state index in [0.29, 0.717) is 0 Å². The molecule has 2 unspecified atom stereocenters. The van der Waals surface area contributed by atoms with Gasteiger partial charge in [-0.1, -0.05) is 26.2 Å². The molecule has 0 aromatic heterocycles. The Labute approximate surface area is 112 Å². The molecule has 1 saturated carbocycles. The second-order valence-electron chi connectivity index (χ2n) is 5.87. The number of nitrogens with zero attached hydrogens (tertiary/aromatic N) is 1. The largest absolute Gasteiger partial charge is 1.00 e. The van der Waals surface area contributed by atoms with Gasteiger partial charge < -0.3 is 28.5 Å². The van der Waals surface area contributed by atoms with Crippen molar-refractivity contribution in [2.45, 2.75) is 45.4 Å². The predicted molar refractivity (Wildman–Crippen MR) is 61.1 cm³/mol. The van der Waals surface area contributed by atoms with Gasteiger partial charge in [-0.2, -0.15) is 0 Å². The van der Waals surface area contributed by atoms with Gasteiger partial charge in [-0.3, -0.25) is 0 Å². The molecule has 0 spiro atoms. The maximum atomic E-state index is 2.49. The van der Waals surface area contributed by atoms with Crippen LogP contribution in [0.2, 0.25) is 0 Å². The third-order valence-corrected chi connectivity index (χ3v) is 4.47. The standard InChI is InChI=1S/C13H26N.HI/c1-3-4-9-14(2)10-12-7-5-6-8-13(12)11-14;/h12-13H,3-11H2,1-2H3;1H/q+1;/p-1. The summed E-state index contributed by atoms with van der Waals surface area (Å²) < 4.78 is 1.39. The van der Waals surface area contributed by atoms with E-state index in [1.54, 1.807) is 0 Å². The fraction of sp³-hybridized carbons (Fsp3) is 1.00. The fourth-order valence-electron chi connectivity index (χ4n) is 3.69. The lowest BCUT2D eigenvalue weighted by Crippen LogP contribution is -3.00. The van der Waals surface area contributed by atoms with Crippen LogP contribution >= 0.6 is 0 Å². The highest BCUT2D eigenvalue weighted by molar-refractivity contribution is 4.80. The van der Waals surface area contributed by atoms with Crippen LogP contribution < -0.4 is 24.0 Å². The molecule has 2 fully saturated rings. The number of quaternary nitrogens is 1. The molecule has 2 rings (SSSR count). The molecule has 1 nitrogen and oxygen atoms in total. The van der Waals surface area contributed by atoms with Crippen LogP contribution in [0.5, 0.6) is 0 Å². The maximum Gasteiger partial charge on any atom is 0.0818 e. The van der Waals surface area contributed by atoms with E-state index in [2.05, 4.69) is 14.0 Å². The lowest BCUT2D eigenvalue weighted by Gasteiger charge is -2.29. The third-order valence-electron chi connectivity index (χ3n) is 4.47. The summed E-state index contributed by atoms with van der Waals surface area (Å²) in [4.78, 5) is 0. The molecule has 0 amide bonds. The number of fused-ring (bicyclic) bond motifs is 1. The minimum atomic E-state index is 0. The number of rotatable bonds is 3. The van der Waals surface area contributed by atoms with Crippen molar-refractivity contribution in [3.8, 4) is 0 Å². The first-order valence-corrected chi connectivity index (χ1v) is 6.57. The van der Waals surface area contributed by atoms with Crippen LogP contribution in [0.1, 0.15) is 45.4 Å². The molecule has 0 aromatic rings. The molecule has 0 bridgehead atoms. The van der Waals surface area contributed by atoms with Crippen molar-refractivity contribution in [1.82, 2.24) is 0 Å². The molecule has 0 N–H and O–H groups in total. The summed E-state index contributed by atoms with van der Waals surface area (Å²) in [7, 11) is 2.49. The molecule has 1 saturated heterocycles. The summed E-state index contributed by atoms with van der Waals surface area (Å²) in [6.07, 6.45) is 8.87. The smallest absolute Gasteiger partial charge is 0.0818 e. The van der Waals surface area contributed by atoms with Gasteiger partial charge in [0.25, 0.3) is 0 Å². The zero-order chi connectivity index (χ0) is 10.0. The Kier molecular flexibility index (Phi) is 5.37. The van der Waals surface area contributed by atoms with Gasteiger partial charge in [-0.05, 0) is 19.3 Å². The summed E-state index contributed by atoms with van der Waals surface area (Å²) in [6, 6.07) is 0. The summed E-state index contributed by atoms with van der Waals surface area (Å²) in [5.74, 6) is 2.18. The molecule has 1 aliphatic heterocycles. The van der Waals surface area contributed by atoms with Crippen LogP contribution in [0.25, 0.3) is 0 Å². The zero-order valence-electron chi connectivity index (χ0n) is 10.3. The molecule has 2 aliphatic rings. The van der Waals surface area contributed by atoms with Crippen molar-refractivity contribution in [2.75, 3.05) is 26.7 Å². The molecule has 1 heterocycles. The van der Waals surface area contributed by atoms with Crippen molar-refractivity contribution in [3.05, 3.63) is 0 Å². The predicted octanol–water partition coefficient (Wildman–Crippen LogP) is 0.0571. The molecular weight excluding hydrogens is 297 g/mol. The lowest BCUT2D eigenvalue weighted by molar-refractivity contribution is -0.900. The van der Waals surface area contributed by atoms with Crippen LogP contribution in [0.3, 0.4) is 0 Å². The number of unbranched alkanes of at least 4 members (excludes halogenated alkanes) is 1. The zero-order valence-corrected chi connectivity index (χ0v) is 12.5. The number of halogens is 1. The van der Waals surface area contributed by atoms with E-state index in [-0.39, 0.29) is 24.0 Å². The minimum absolute atomic E-state index is 0. The van der Waals surface area contributed by atoms with E-state index in [0.717, 1.165) is 11.8 Å². The molecule has 1 aliphatic carbocycles. The summed E-state index contributed by atoms with van der Waals surface area (Å²) in [6.45, 7) is 6.73. The van der Waals surface area contributed by atoms with Gasteiger partial charge in [-0.15, -0.1) is 0 Å². The van der Waals surface area contributed by atoms with Gasteiger partial charge >= 0.3 is 0 Å². The van der Waals surface area contributed by atoms with E-state index >= 15 is 0 Å². The summed E-state index contributed by atoms with van der Waals surface area (Å²) in [5.41, 5.74) is 0. The minimum Gasteiger partial charge on any atom is -1.00 e. The lowest BCUT2D eigenvalue weighted by atomic mass is 9.82. The van der Waals surface area contributed by atoms with Crippen LogP contribution in [-0.4, -0.2) is 31.2 Å². The van der Waals surface area contributed by atoms with E-state index in [4.69, 9.17) is 0 Å². The highest BCUT2D eigenvalue weighted by Crippen LogP contribution is 2.38. The van der Waals surface area contributed by atoms with Crippen LogP contribution in [0, 0.1) is 11.8 Å². The molecule has 0 radical (unpaired) electrons. The topological polar surface area (TPSA) is 0 Å². The van der Waals surface area contributed by atoms with Gasteiger partial charge in [0.2, 0.25) is 0 Å². The normalized spacial score (nSPS) is 39.6. The van der Waals surface area contributed by atoms with E-state index < -0.39 is 0 Å². The number of hydrogen-bond acceptors (Lipinski definition) is 0. The van der Waals surface area contributed by atoms with Crippen LogP contribution in [0.4, 0.5) is 0 Å². The van der Waals surface area contributed by atoms with Crippen LogP contribution in [-0.2, 0) is 0 Å². The Morgan fingerprint density at radius 1 is 1.07 bits per heavy atom. The first-order valence-electron chi connectivity index (χ1n) is 6.57. The third kappa shape index (κ3) is 3.32. The van der Waals surface area contributed by atoms with Crippen molar-refractivity contribution < 1.29 is 28.5 Å². The van der Waals surface area contributed by atoms with Gasteiger partial charge in [0.1, 0.15) is 0 Å². The second-order valence-corrected chi connectivity index (χ2v) is 5.87. The van der Waals surface area contributed by atoms with Crippen LogP contribution in [0.15, 0.2) is 0 Å². The highest BCUT2D eigenvalue weighted by Gasteiger charge is 2.42. The summed E-state index contributed by atoms with van der Waals surface area (Å²) >= 11 is 0. The summed E-state index contributed by atoms with van der Waals surface area (Å²) in [5, 5.41) is 0. The first kappa shape index (κ1) is 13.8. The Morgan fingerprint density at radius 2 is 1.60 bits per heavy atom. The van der Waals surface area contributed by atoms with Gasteiger partial charge in [0.15, 0.2) is 0 Å². The Bertz CT molecular complexity index is 179. The fourth-order valence-corrected chi connectivity index (χ4v) is 3.69. The van der Waals surface area contributed by atoms with E-state index in [9.17, 15) is 0 Å². The average molecular weight is 323 g/mol. The molecule has 15 heavy (non-hydrogen) atoms. The quantitative estimate of drug-likeness (QED) is 0.509. The number of hydrogen-bond donors (Lipinski definition) is 0. The van der Waals surface area contributed by atoms with E-state index in [1.165, 1.54) is 62.6 Å². The van der Waals surface area contributed by atoms with Gasteiger partial charge in [0.05, 0.1) is 26.7 Å². The molecule has 0 aromatic carbocycles. The maximum absolute atomic E-state index is 2.49.